The van der Waals surface area contributed by atoms with Crippen LogP contribution in [0.5, 0.6) is 0 Å². The number of nitrogens with one attached hydrogen (secondary N) is 1. The van der Waals surface area contributed by atoms with Gasteiger partial charge in [0.15, 0.2) is 9.84 Å². The molecule has 0 unspecified atom stereocenters. The maximum atomic E-state index is 11.8. The van der Waals surface area contributed by atoms with Crippen LogP contribution in [0.1, 0.15) is 26.2 Å². The first kappa shape index (κ1) is 14.9. The van der Waals surface area contributed by atoms with Gasteiger partial charge in [-0.2, -0.15) is 0 Å². The summed E-state index contributed by atoms with van der Waals surface area (Å²) in [6.45, 7) is 1.60. The van der Waals surface area contributed by atoms with Crippen molar-refractivity contribution in [3.63, 3.8) is 0 Å². The molecule has 0 aromatic rings. The van der Waals surface area contributed by atoms with Crippen molar-refractivity contribution >= 4 is 21.7 Å². The number of amides is 1. The van der Waals surface area contributed by atoms with Crippen LogP contribution < -0.4 is 5.32 Å². The molecule has 6 nitrogen and oxygen atoms in total. The van der Waals surface area contributed by atoms with Crippen molar-refractivity contribution in [2.24, 2.45) is 11.8 Å². The minimum Gasteiger partial charge on any atom is -0.481 e. The molecule has 1 amide bonds. The Morgan fingerprint density at radius 1 is 1.28 bits per heavy atom. The van der Waals surface area contributed by atoms with Crippen molar-refractivity contribution in [2.45, 2.75) is 26.2 Å². The number of carbonyl (C=O) groups is 2. The first-order valence-electron chi connectivity index (χ1n) is 6.08. The predicted octanol–water partition coefficient (Wildman–Crippen LogP) is 0.0382. The van der Waals surface area contributed by atoms with Crippen LogP contribution in [-0.2, 0) is 19.4 Å². The third kappa shape index (κ3) is 3.97. The number of carbonyl (C=O) groups excluding carboxylic acids is 1. The Labute approximate surface area is 107 Å². The molecule has 0 aliphatic heterocycles. The van der Waals surface area contributed by atoms with E-state index < -0.39 is 27.6 Å². The van der Waals surface area contributed by atoms with Crippen LogP contribution >= 0.6 is 0 Å². The van der Waals surface area contributed by atoms with Crippen molar-refractivity contribution in [3.05, 3.63) is 0 Å². The molecule has 1 aliphatic rings. The van der Waals surface area contributed by atoms with Gasteiger partial charge in [0.25, 0.3) is 0 Å². The first-order valence-corrected chi connectivity index (χ1v) is 7.90. The lowest BCUT2D eigenvalue weighted by molar-refractivity contribution is -0.146. The Balaban J connectivity index is 2.44. The average Bonchev–Trinajstić information content (AvgIpc) is 2.77. The van der Waals surface area contributed by atoms with Gasteiger partial charge in [0.2, 0.25) is 5.91 Å². The average molecular weight is 277 g/mol. The van der Waals surface area contributed by atoms with Crippen LogP contribution in [0.25, 0.3) is 0 Å². The fraction of sp³-hybridized carbons (Fsp3) is 0.818. The third-order valence-corrected chi connectivity index (χ3v) is 5.03. The number of carboxylic acid groups (broad SMARTS) is 1. The molecule has 1 aliphatic carbocycles. The van der Waals surface area contributed by atoms with Crippen LogP contribution in [0, 0.1) is 11.8 Å². The number of sulfone groups is 1. The molecule has 0 radical (unpaired) electrons. The number of carboxylic acids is 1. The molecule has 104 valence electrons. The summed E-state index contributed by atoms with van der Waals surface area (Å²) in [6.07, 6.45) is 1.80. The van der Waals surface area contributed by atoms with Gasteiger partial charge in [-0.15, -0.1) is 0 Å². The summed E-state index contributed by atoms with van der Waals surface area (Å²) >= 11 is 0. The standard InChI is InChI=1S/C11H19NO5S/c1-2-18(16,17)7-6-12-10(13)8-4-3-5-9(8)11(14)15/h8-9H,2-7H2,1H3,(H,12,13)(H,14,15)/t8-,9+/m1/s1. The van der Waals surface area contributed by atoms with Crippen LogP contribution in [-0.4, -0.2) is 43.5 Å². The molecule has 1 rings (SSSR count). The van der Waals surface area contributed by atoms with E-state index in [0.29, 0.717) is 12.8 Å². The molecule has 2 atom stereocenters. The van der Waals surface area contributed by atoms with Gasteiger partial charge in [-0.1, -0.05) is 13.3 Å². The van der Waals surface area contributed by atoms with Gasteiger partial charge in [-0.05, 0) is 12.8 Å². The number of hydrogen-bond donors (Lipinski definition) is 2. The molecule has 1 fully saturated rings. The summed E-state index contributed by atoms with van der Waals surface area (Å²) in [4.78, 5) is 22.7. The quantitative estimate of drug-likeness (QED) is 0.714. The Bertz CT molecular complexity index is 417. The second-order valence-corrected chi connectivity index (χ2v) is 6.98. The number of rotatable bonds is 6. The van der Waals surface area contributed by atoms with Gasteiger partial charge < -0.3 is 10.4 Å². The van der Waals surface area contributed by atoms with Gasteiger partial charge in [0.05, 0.1) is 17.6 Å². The summed E-state index contributed by atoms with van der Waals surface area (Å²) in [5.74, 6) is -2.50. The van der Waals surface area contributed by atoms with E-state index in [9.17, 15) is 18.0 Å². The zero-order valence-electron chi connectivity index (χ0n) is 10.4. The molecule has 0 saturated heterocycles. The van der Waals surface area contributed by atoms with Crippen molar-refractivity contribution in [2.75, 3.05) is 18.1 Å². The van der Waals surface area contributed by atoms with Crippen molar-refractivity contribution in [1.29, 1.82) is 0 Å². The molecule has 0 aromatic carbocycles. The lowest BCUT2D eigenvalue weighted by Crippen LogP contribution is -2.37. The summed E-state index contributed by atoms with van der Waals surface area (Å²) < 4.78 is 22.5. The van der Waals surface area contributed by atoms with E-state index in [2.05, 4.69) is 5.32 Å². The smallest absolute Gasteiger partial charge is 0.307 e. The topological polar surface area (TPSA) is 101 Å². The van der Waals surface area contributed by atoms with Crippen LogP contribution in [0.15, 0.2) is 0 Å². The van der Waals surface area contributed by atoms with E-state index in [1.165, 1.54) is 0 Å². The molecule has 0 aromatic heterocycles. The highest BCUT2D eigenvalue weighted by atomic mass is 32.2. The maximum Gasteiger partial charge on any atom is 0.307 e. The molecule has 0 heterocycles. The molecule has 0 spiro atoms. The fourth-order valence-electron chi connectivity index (χ4n) is 2.17. The van der Waals surface area contributed by atoms with E-state index in [1.54, 1.807) is 6.92 Å². The van der Waals surface area contributed by atoms with Crippen LogP contribution in [0.2, 0.25) is 0 Å². The van der Waals surface area contributed by atoms with Crippen LogP contribution in [0.3, 0.4) is 0 Å². The minimum absolute atomic E-state index is 0.0457. The summed E-state index contributed by atoms with van der Waals surface area (Å²) in [6, 6.07) is 0. The van der Waals surface area contributed by atoms with E-state index in [0.717, 1.165) is 6.42 Å². The molecular weight excluding hydrogens is 258 g/mol. The van der Waals surface area contributed by atoms with Crippen molar-refractivity contribution < 1.29 is 23.1 Å². The summed E-state index contributed by atoms with van der Waals surface area (Å²) in [7, 11) is -3.10. The predicted molar refractivity (Wildman–Crippen MR) is 65.8 cm³/mol. The van der Waals surface area contributed by atoms with E-state index in [4.69, 9.17) is 5.11 Å². The second-order valence-electron chi connectivity index (χ2n) is 4.51. The van der Waals surface area contributed by atoms with Gasteiger partial charge in [-0.3, -0.25) is 9.59 Å². The van der Waals surface area contributed by atoms with E-state index in [1.807, 2.05) is 0 Å². The largest absolute Gasteiger partial charge is 0.481 e. The lowest BCUT2D eigenvalue weighted by Gasteiger charge is -2.15. The van der Waals surface area contributed by atoms with Crippen LogP contribution in [0.4, 0.5) is 0 Å². The SMILES string of the molecule is CCS(=O)(=O)CCNC(=O)[C@@H]1CCC[C@@H]1C(=O)O. The van der Waals surface area contributed by atoms with Crippen molar-refractivity contribution in [1.82, 2.24) is 5.32 Å². The zero-order valence-corrected chi connectivity index (χ0v) is 11.2. The highest BCUT2D eigenvalue weighted by molar-refractivity contribution is 7.91. The number of aliphatic carboxylic acids is 1. The first-order chi connectivity index (χ1) is 8.37. The number of hydrogen-bond acceptors (Lipinski definition) is 4. The fourth-order valence-corrected chi connectivity index (χ4v) is 2.88. The molecular formula is C11H19NO5S. The van der Waals surface area contributed by atoms with Gasteiger partial charge in [0.1, 0.15) is 0 Å². The maximum absolute atomic E-state index is 11.8. The Morgan fingerprint density at radius 3 is 2.44 bits per heavy atom. The zero-order chi connectivity index (χ0) is 13.8. The van der Waals surface area contributed by atoms with E-state index >= 15 is 0 Å². The summed E-state index contributed by atoms with van der Waals surface area (Å²) in [5.41, 5.74) is 0. The lowest BCUT2D eigenvalue weighted by atomic mass is 9.95. The van der Waals surface area contributed by atoms with Gasteiger partial charge in [0, 0.05) is 12.3 Å². The van der Waals surface area contributed by atoms with Gasteiger partial charge in [-0.25, -0.2) is 8.42 Å². The molecule has 18 heavy (non-hydrogen) atoms. The Morgan fingerprint density at radius 2 is 1.89 bits per heavy atom. The Kier molecular flexibility index (Phi) is 5.13. The monoisotopic (exact) mass is 277 g/mol. The minimum atomic E-state index is -3.10. The normalized spacial score (nSPS) is 23.8. The van der Waals surface area contributed by atoms with E-state index in [-0.39, 0.29) is 24.0 Å². The van der Waals surface area contributed by atoms with Crippen molar-refractivity contribution in [3.8, 4) is 0 Å². The highest BCUT2D eigenvalue weighted by Gasteiger charge is 2.37. The molecule has 0 bridgehead atoms. The third-order valence-electron chi connectivity index (χ3n) is 3.32. The molecule has 1 saturated carbocycles. The summed E-state index contributed by atoms with van der Waals surface area (Å²) in [5, 5.41) is 11.5. The highest BCUT2D eigenvalue weighted by Crippen LogP contribution is 2.31. The molecule has 2 N–H and O–H groups in total. The molecule has 7 heteroatoms. The van der Waals surface area contributed by atoms with Gasteiger partial charge >= 0.3 is 5.97 Å². The second kappa shape index (κ2) is 6.17. The Hall–Kier alpha value is -1.11.